The van der Waals surface area contributed by atoms with E-state index in [1.807, 2.05) is 36.4 Å². The zero-order chi connectivity index (χ0) is 15.8. The maximum atomic E-state index is 14.0. The molecule has 0 aliphatic carbocycles. The van der Waals surface area contributed by atoms with Gasteiger partial charge >= 0.3 is 0 Å². The number of nitrogens with zero attached hydrogens (tertiary/aromatic N) is 2. The van der Waals surface area contributed by atoms with E-state index in [1.165, 1.54) is 29.8 Å². The largest absolute Gasteiger partial charge is 0.235 e. The van der Waals surface area contributed by atoms with Gasteiger partial charge in [-0.3, -0.25) is 0 Å². The predicted octanol–water partition coefficient (Wildman–Crippen LogP) is 5.30. The quantitative estimate of drug-likeness (QED) is 0.500. The van der Waals surface area contributed by atoms with Gasteiger partial charge in [0.25, 0.3) is 0 Å². The molecule has 2 heterocycles. The average molecular weight is 324 g/mol. The SMILES string of the molecule is Fc1ccc(-c2cc3ncnc(-c4ccccc4)c3s2)c(F)c1. The zero-order valence-corrected chi connectivity index (χ0v) is 12.6. The summed E-state index contributed by atoms with van der Waals surface area (Å²) in [6, 6.07) is 15.2. The van der Waals surface area contributed by atoms with Crippen molar-refractivity contribution in [2.24, 2.45) is 0 Å². The van der Waals surface area contributed by atoms with Crippen LogP contribution in [0.4, 0.5) is 8.78 Å². The van der Waals surface area contributed by atoms with Crippen LogP contribution in [0.15, 0.2) is 60.9 Å². The summed E-state index contributed by atoms with van der Waals surface area (Å²) in [6.07, 6.45) is 1.50. The Hall–Kier alpha value is -2.66. The van der Waals surface area contributed by atoms with Gasteiger partial charge in [-0.15, -0.1) is 11.3 Å². The molecular weight excluding hydrogens is 314 g/mol. The zero-order valence-electron chi connectivity index (χ0n) is 11.8. The summed E-state index contributed by atoms with van der Waals surface area (Å²) in [5.74, 6) is -1.16. The fourth-order valence-corrected chi connectivity index (χ4v) is 3.63. The van der Waals surface area contributed by atoms with E-state index in [1.54, 1.807) is 0 Å². The molecule has 0 aliphatic heterocycles. The van der Waals surface area contributed by atoms with Crippen LogP contribution in [-0.4, -0.2) is 9.97 Å². The lowest BCUT2D eigenvalue weighted by Gasteiger charge is -2.01. The van der Waals surface area contributed by atoms with Crippen molar-refractivity contribution < 1.29 is 8.78 Å². The average Bonchev–Trinajstić information content (AvgIpc) is 2.99. The van der Waals surface area contributed by atoms with Crippen molar-refractivity contribution in [2.45, 2.75) is 0 Å². The summed E-state index contributed by atoms with van der Waals surface area (Å²) in [5.41, 5.74) is 2.92. The molecule has 2 aromatic carbocycles. The van der Waals surface area contributed by atoms with E-state index >= 15 is 0 Å². The first-order chi connectivity index (χ1) is 11.2. The highest BCUT2D eigenvalue weighted by Crippen LogP contribution is 2.38. The molecule has 0 spiro atoms. The van der Waals surface area contributed by atoms with Gasteiger partial charge < -0.3 is 0 Å². The maximum absolute atomic E-state index is 14.0. The molecule has 112 valence electrons. The number of benzene rings is 2. The van der Waals surface area contributed by atoms with E-state index in [-0.39, 0.29) is 0 Å². The lowest BCUT2D eigenvalue weighted by molar-refractivity contribution is 0.586. The molecular formula is C18H10F2N2S. The number of aromatic nitrogens is 2. The minimum atomic E-state index is -0.586. The highest BCUT2D eigenvalue weighted by atomic mass is 32.1. The molecule has 0 saturated heterocycles. The third-order valence-electron chi connectivity index (χ3n) is 3.56. The molecule has 0 N–H and O–H groups in total. The van der Waals surface area contributed by atoms with Crippen LogP contribution in [0.3, 0.4) is 0 Å². The number of hydrogen-bond donors (Lipinski definition) is 0. The van der Waals surface area contributed by atoms with E-state index in [0.29, 0.717) is 10.4 Å². The van der Waals surface area contributed by atoms with E-state index < -0.39 is 11.6 Å². The number of halogens is 2. The van der Waals surface area contributed by atoms with E-state index in [9.17, 15) is 8.78 Å². The molecule has 5 heteroatoms. The number of rotatable bonds is 2. The van der Waals surface area contributed by atoms with Crippen molar-refractivity contribution in [1.29, 1.82) is 0 Å². The number of hydrogen-bond acceptors (Lipinski definition) is 3. The molecule has 2 aromatic heterocycles. The highest BCUT2D eigenvalue weighted by Gasteiger charge is 2.14. The summed E-state index contributed by atoms with van der Waals surface area (Å²) in [7, 11) is 0. The second-order valence-electron chi connectivity index (χ2n) is 5.04. The summed E-state index contributed by atoms with van der Waals surface area (Å²) in [6.45, 7) is 0. The van der Waals surface area contributed by atoms with Crippen molar-refractivity contribution in [1.82, 2.24) is 9.97 Å². The third kappa shape index (κ3) is 2.49. The van der Waals surface area contributed by atoms with Crippen LogP contribution in [0, 0.1) is 11.6 Å². The number of thiophene rings is 1. The Labute approximate surface area is 135 Å². The fraction of sp³-hybridized carbons (Fsp3) is 0. The minimum Gasteiger partial charge on any atom is -0.235 e. The van der Waals surface area contributed by atoms with Gasteiger partial charge in [-0.05, 0) is 18.2 Å². The maximum Gasteiger partial charge on any atom is 0.134 e. The second kappa shape index (κ2) is 5.52. The molecule has 0 aliphatic rings. The Bertz CT molecular complexity index is 997. The molecule has 4 rings (SSSR count). The molecule has 0 amide bonds. The van der Waals surface area contributed by atoms with Gasteiger partial charge in [-0.25, -0.2) is 18.7 Å². The minimum absolute atomic E-state index is 0.369. The second-order valence-corrected chi connectivity index (χ2v) is 6.09. The van der Waals surface area contributed by atoms with Gasteiger partial charge in [0.2, 0.25) is 0 Å². The van der Waals surface area contributed by atoms with Crippen LogP contribution in [0.1, 0.15) is 0 Å². The highest BCUT2D eigenvalue weighted by molar-refractivity contribution is 7.22. The molecule has 0 unspecified atom stereocenters. The lowest BCUT2D eigenvalue weighted by atomic mass is 10.1. The first-order valence-corrected chi connectivity index (χ1v) is 7.79. The van der Waals surface area contributed by atoms with Crippen molar-refractivity contribution in [3.63, 3.8) is 0 Å². The van der Waals surface area contributed by atoms with Crippen molar-refractivity contribution in [2.75, 3.05) is 0 Å². The van der Waals surface area contributed by atoms with E-state index in [0.717, 1.165) is 27.5 Å². The van der Waals surface area contributed by atoms with Crippen LogP contribution >= 0.6 is 11.3 Å². The Morgan fingerprint density at radius 2 is 1.70 bits per heavy atom. The van der Waals surface area contributed by atoms with Gasteiger partial charge in [-0.1, -0.05) is 30.3 Å². The topological polar surface area (TPSA) is 25.8 Å². The standard InChI is InChI=1S/C18H10F2N2S/c19-12-6-7-13(14(20)8-12)16-9-15-18(23-16)17(22-10-21-15)11-4-2-1-3-5-11/h1-10H. The van der Waals surface area contributed by atoms with E-state index in [4.69, 9.17) is 0 Å². The molecule has 0 bridgehead atoms. The first-order valence-electron chi connectivity index (χ1n) is 6.98. The van der Waals surface area contributed by atoms with Crippen molar-refractivity contribution in [3.05, 3.63) is 72.6 Å². The molecule has 0 radical (unpaired) electrons. The van der Waals surface area contributed by atoms with Crippen molar-refractivity contribution in [3.8, 4) is 21.7 Å². The molecule has 0 saturated carbocycles. The summed E-state index contributed by atoms with van der Waals surface area (Å²) in [5, 5.41) is 0. The molecule has 23 heavy (non-hydrogen) atoms. The smallest absolute Gasteiger partial charge is 0.134 e. The third-order valence-corrected chi connectivity index (χ3v) is 4.72. The lowest BCUT2D eigenvalue weighted by Crippen LogP contribution is -1.84. The molecule has 2 nitrogen and oxygen atoms in total. The van der Waals surface area contributed by atoms with Crippen LogP contribution in [-0.2, 0) is 0 Å². The Morgan fingerprint density at radius 1 is 0.870 bits per heavy atom. The molecule has 0 atom stereocenters. The van der Waals surface area contributed by atoms with Gasteiger partial charge in [0, 0.05) is 22.1 Å². The monoisotopic (exact) mass is 324 g/mol. The number of fused-ring (bicyclic) bond motifs is 1. The normalized spacial score (nSPS) is 11.0. The summed E-state index contributed by atoms with van der Waals surface area (Å²) < 4.78 is 28.0. The van der Waals surface area contributed by atoms with Crippen LogP contribution in [0.2, 0.25) is 0 Å². The predicted molar refractivity (Wildman–Crippen MR) is 88.2 cm³/mol. The molecule has 4 aromatic rings. The summed E-state index contributed by atoms with van der Waals surface area (Å²) in [4.78, 5) is 9.33. The Balaban J connectivity index is 1.92. The van der Waals surface area contributed by atoms with Crippen molar-refractivity contribution >= 4 is 21.6 Å². The van der Waals surface area contributed by atoms with E-state index in [2.05, 4.69) is 9.97 Å². The van der Waals surface area contributed by atoms with Crippen LogP contribution in [0.25, 0.3) is 31.9 Å². The van der Waals surface area contributed by atoms with Crippen LogP contribution < -0.4 is 0 Å². The summed E-state index contributed by atoms with van der Waals surface area (Å²) >= 11 is 1.40. The molecule has 0 fully saturated rings. The Morgan fingerprint density at radius 3 is 2.48 bits per heavy atom. The first kappa shape index (κ1) is 14.0. The van der Waals surface area contributed by atoms with Crippen LogP contribution in [0.5, 0.6) is 0 Å². The van der Waals surface area contributed by atoms with Gasteiger partial charge in [0.05, 0.1) is 15.9 Å². The van der Waals surface area contributed by atoms with Gasteiger partial charge in [0.15, 0.2) is 0 Å². The fourth-order valence-electron chi connectivity index (χ4n) is 2.48. The van der Waals surface area contributed by atoms with Gasteiger partial charge in [0.1, 0.15) is 18.0 Å². The van der Waals surface area contributed by atoms with Gasteiger partial charge in [-0.2, -0.15) is 0 Å². The Kier molecular flexibility index (Phi) is 3.35.